The van der Waals surface area contributed by atoms with Crippen molar-refractivity contribution in [2.45, 2.75) is 33.2 Å². The van der Waals surface area contributed by atoms with Crippen LogP contribution in [0.2, 0.25) is 0 Å². The quantitative estimate of drug-likeness (QED) is 0.910. The number of nitrogens with zero attached hydrogens (tertiary/aromatic N) is 2. The summed E-state index contributed by atoms with van der Waals surface area (Å²) in [5.41, 5.74) is 7.42. The molecular weight excluding hydrogens is 290 g/mol. The van der Waals surface area contributed by atoms with Crippen LogP contribution >= 0.6 is 15.9 Å². The largest absolute Gasteiger partial charge is 0.370 e. The van der Waals surface area contributed by atoms with Crippen molar-refractivity contribution in [3.8, 4) is 0 Å². The minimum absolute atomic E-state index is 0.276. The van der Waals surface area contributed by atoms with E-state index in [0.717, 1.165) is 23.1 Å². The third kappa shape index (κ3) is 3.05. The number of aliphatic imine (C=N–C) groups is 1. The zero-order valence-electron chi connectivity index (χ0n) is 11.2. The molecule has 1 heterocycles. The Balaban J connectivity index is 2.22. The van der Waals surface area contributed by atoms with Gasteiger partial charge >= 0.3 is 0 Å². The summed E-state index contributed by atoms with van der Waals surface area (Å²) in [5.74, 6) is 0.631. The van der Waals surface area contributed by atoms with Crippen LogP contribution in [0, 0.1) is 5.41 Å². The molecular formula is C14H20BrN3. The molecule has 1 atom stereocenters. The van der Waals surface area contributed by atoms with Gasteiger partial charge in [0.25, 0.3) is 0 Å². The Labute approximate surface area is 117 Å². The van der Waals surface area contributed by atoms with E-state index in [9.17, 15) is 0 Å². The fourth-order valence-electron chi connectivity index (χ4n) is 2.35. The van der Waals surface area contributed by atoms with Gasteiger partial charge in [0, 0.05) is 10.2 Å². The minimum Gasteiger partial charge on any atom is -0.370 e. The highest BCUT2D eigenvalue weighted by Crippen LogP contribution is 2.30. The highest BCUT2D eigenvalue weighted by Gasteiger charge is 2.30. The van der Waals surface area contributed by atoms with Crippen molar-refractivity contribution in [3.05, 3.63) is 28.7 Å². The van der Waals surface area contributed by atoms with E-state index in [4.69, 9.17) is 5.73 Å². The van der Waals surface area contributed by atoms with Crippen LogP contribution in [0.25, 0.3) is 0 Å². The van der Waals surface area contributed by atoms with Crippen molar-refractivity contribution in [1.82, 2.24) is 0 Å². The lowest BCUT2D eigenvalue weighted by Crippen LogP contribution is -2.42. The topological polar surface area (TPSA) is 41.6 Å². The maximum atomic E-state index is 6.02. The molecule has 98 valence electrons. The molecule has 1 aliphatic rings. The van der Waals surface area contributed by atoms with Gasteiger partial charge in [0.15, 0.2) is 5.96 Å². The van der Waals surface area contributed by atoms with Gasteiger partial charge in [-0.15, -0.1) is 0 Å². The summed E-state index contributed by atoms with van der Waals surface area (Å²) in [6, 6.07) is 8.59. The number of guanidine groups is 1. The maximum Gasteiger partial charge on any atom is 0.196 e. The van der Waals surface area contributed by atoms with Crippen LogP contribution in [0.4, 0.5) is 5.69 Å². The lowest BCUT2D eigenvalue weighted by molar-refractivity contribution is 0.347. The lowest BCUT2D eigenvalue weighted by atomic mass is 9.87. The highest BCUT2D eigenvalue weighted by atomic mass is 79.9. The normalized spacial score (nSPS) is 20.1. The molecule has 0 bridgehead atoms. The standard InChI is InChI=1S/C14H20BrN3/c1-14(2,3)8-12-9-17-13(16)18(12)11-6-4-10(15)5-7-11/h4-7,12H,8-9H2,1-3H3,(H2,16,17). The SMILES string of the molecule is CC(C)(C)CC1CN=C(N)N1c1ccc(Br)cc1. The average Bonchev–Trinajstić information content (AvgIpc) is 2.59. The fraction of sp³-hybridized carbons (Fsp3) is 0.500. The van der Waals surface area contributed by atoms with E-state index in [-0.39, 0.29) is 5.41 Å². The molecule has 0 fully saturated rings. The second kappa shape index (κ2) is 4.92. The highest BCUT2D eigenvalue weighted by molar-refractivity contribution is 9.10. The number of rotatable bonds is 2. The molecule has 2 N–H and O–H groups in total. The summed E-state index contributed by atoms with van der Waals surface area (Å²) in [6.45, 7) is 7.54. The first-order valence-corrected chi connectivity index (χ1v) is 7.01. The van der Waals surface area contributed by atoms with Crippen molar-refractivity contribution in [2.75, 3.05) is 11.4 Å². The fourth-order valence-corrected chi connectivity index (χ4v) is 2.62. The summed E-state index contributed by atoms with van der Waals surface area (Å²) in [7, 11) is 0. The minimum atomic E-state index is 0.276. The van der Waals surface area contributed by atoms with Gasteiger partial charge in [0.05, 0.1) is 12.6 Å². The van der Waals surface area contributed by atoms with Crippen LogP contribution in [-0.4, -0.2) is 18.5 Å². The van der Waals surface area contributed by atoms with Crippen LogP contribution in [0.3, 0.4) is 0 Å². The summed E-state index contributed by atoms with van der Waals surface area (Å²) in [6.07, 6.45) is 1.08. The van der Waals surface area contributed by atoms with E-state index in [1.54, 1.807) is 0 Å². The Hall–Kier alpha value is -1.03. The van der Waals surface area contributed by atoms with Crippen molar-refractivity contribution in [1.29, 1.82) is 0 Å². The first-order chi connectivity index (χ1) is 8.37. The Morgan fingerprint density at radius 1 is 1.33 bits per heavy atom. The van der Waals surface area contributed by atoms with Crippen LogP contribution in [0.1, 0.15) is 27.2 Å². The first-order valence-electron chi connectivity index (χ1n) is 6.21. The van der Waals surface area contributed by atoms with Crippen LogP contribution < -0.4 is 10.6 Å². The second-order valence-electron chi connectivity index (χ2n) is 5.96. The number of hydrogen-bond donors (Lipinski definition) is 1. The van der Waals surface area contributed by atoms with Gasteiger partial charge in [-0.2, -0.15) is 0 Å². The van der Waals surface area contributed by atoms with Crippen molar-refractivity contribution < 1.29 is 0 Å². The van der Waals surface area contributed by atoms with E-state index >= 15 is 0 Å². The molecule has 0 amide bonds. The Morgan fingerprint density at radius 2 is 1.94 bits per heavy atom. The first kappa shape index (κ1) is 13.4. The summed E-state index contributed by atoms with van der Waals surface area (Å²) >= 11 is 3.45. The molecule has 0 saturated carbocycles. The molecule has 0 radical (unpaired) electrons. The number of halogens is 1. The van der Waals surface area contributed by atoms with E-state index in [1.165, 1.54) is 0 Å². The predicted molar refractivity (Wildman–Crippen MR) is 81.0 cm³/mol. The van der Waals surface area contributed by atoms with E-state index in [2.05, 4.69) is 58.7 Å². The van der Waals surface area contributed by atoms with Crippen molar-refractivity contribution >= 4 is 27.6 Å². The number of hydrogen-bond acceptors (Lipinski definition) is 3. The Morgan fingerprint density at radius 3 is 2.50 bits per heavy atom. The molecule has 0 aromatic heterocycles. The van der Waals surface area contributed by atoms with Gasteiger partial charge < -0.3 is 10.6 Å². The van der Waals surface area contributed by atoms with Gasteiger partial charge in [0.2, 0.25) is 0 Å². The molecule has 0 aliphatic carbocycles. The molecule has 1 aliphatic heterocycles. The Bertz CT molecular complexity index is 445. The molecule has 18 heavy (non-hydrogen) atoms. The van der Waals surface area contributed by atoms with Crippen molar-refractivity contribution in [2.24, 2.45) is 16.1 Å². The van der Waals surface area contributed by atoms with E-state index < -0.39 is 0 Å². The summed E-state index contributed by atoms with van der Waals surface area (Å²) < 4.78 is 1.08. The number of nitrogens with two attached hydrogens (primary N) is 1. The van der Waals surface area contributed by atoms with Gasteiger partial charge in [0.1, 0.15) is 0 Å². The number of benzene rings is 1. The maximum absolute atomic E-state index is 6.02. The third-order valence-corrected chi connectivity index (χ3v) is 3.56. The van der Waals surface area contributed by atoms with E-state index in [1.807, 2.05) is 12.1 Å². The molecule has 3 nitrogen and oxygen atoms in total. The van der Waals surface area contributed by atoms with Crippen LogP contribution in [0.5, 0.6) is 0 Å². The third-order valence-electron chi connectivity index (χ3n) is 3.03. The van der Waals surface area contributed by atoms with Gasteiger partial charge in [-0.1, -0.05) is 36.7 Å². The second-order valence-corrected chi connectivity index (χ2v) is 6.88. The summed E-state index contributed by atoms with van der Waals surface area (Å²) in [4.78, 5) is 6.54. The zero-order chi connectivity index (χ0) is 13.3. The van der Waals surface area contributed by atoms with Crippen LogP contribution in [-0.2, 0) is 0 Å². The lowest BCUT2D eigenvalue weighted by Gasteiger charge is -2.31. The van der Waals surface area contributed by atoms with Gasteiger partial charge in [-0.25, -0.2) is 0 Å². The molecule has 0 saturated heterocycles. The molecule has 2 rings (SSSR count). The van der Waals surface area contributed by atoms with Gasteiger partial charge in [-0.05, 0) is 36.1 Å². The van der Waals surface area contributed by atoms with E-state index in [0.29, 0.717) is 12.0 Å². The zero-order valence-corrected chi connectivity index (χ0v) is 12.7. The monoisotopic (exact) mass is 309 g/mol. The van der Waals surface area contributed by atoms with Crippen molar-refractivity contribution in [3.63, 3.8) is 0 Å². The van der Waals surface area contributed by atoms with Gasteiger partial charge in [-0.3, -0.25) is 4.99 Å². The molecule has 0 spiro atoms. The number of anilines is 1. The Kier molecular flexibility index (Phi) is 3.66. The molecule has 1 aromatic rings. The molecule has 4 heteroatoms. The smallest absolute Gasteiger partial charge is 0.196 e. The average molecular weight is 310 g/mol. The summed E-state index contributed by atoms with van der Waals surface area (Å²) in [5, 5.41) is 0. The van der Waals surface area contributed by atoms with Crippen LogP contribution in [0.15, 0.2) is 33.7 Å². The molecule has 1 unspecified atom stereocenters. The predicted octanol–water partition coefficient (Wildman–Crippen LogP) is 3.39. The molecule has 1 aromatic carbocycles.